The van der Waals surface area contributed by atoms with Gasteiger partial charge in [-0.05, 0) is 22.9 Å². The molecule has 0 unspecified atom stereocenters. The Morgan fingerprint density at radius 3 is 2.30 bits per heavy atom. The fourth-order valence-corrected chi connectivity index (χ4v) is 4.02. The highest BCUT2D eigenvalue weighted by molar-refractivity contribution is 7.25. The van der Waals surface area contributed by atoms with Crippen LogP contribution >= 0.6 is 11.3 Å². The Balaban J connectivity index is 1.84. The zero-order chi connectivity index (χ0) is 15.2. The molecule has 2 nitrogen and oxygen atoms in total. The SMILES string of the molecule is c1ccc(-c2ncc3sc4cc5ccccc5cc4c3n2)cc1. The number of thiophene rings is 1. The van der Waals surface area contributed by atoms with Gasteiger partial charge in [0, 0.05) is 21.8 Å². The quantitative estimate of drug-likeness (QED) is 0.399. The lowest BCUT2D eigenvalue weighted by atomic mass is 10.1. The molecular weight excluding hydrogens is 300 g/mol. The van der Waals surface area contributed by atoms with E-state index in [9.17, 15) is 0 Å². The van der Waals surface area contributed by atoms with Crippen LogP contribution < -0.4 is 0 Å². The number of hydrogen-bond donors (Lipinski definition) is 0. The fraction of sp³-hybridized carbons (Fsp3) is 0. The summed E-state index contributed by atoms with van der Waals surface area (Å²) in [6.45, 7) is 0. The maximum atomic E-state index is 4.84. The minimum atomic E-state index is 0.783. The highest BCUT2D eigenvalue weighted by atomic mass is 32.1. The monoisotopic (exact) mass is 312 g/mol. The third-order valence-electron chi connectivity index (χ3n) is 4.11. The van der Waals surface area contributed by atoms with Crippen molar-refractivity contribution in [3.8, 4) is 11.4 Å². The highest BCUT2D eigenvalue weighted by Gasteiger charge is 2.10. The zero-order valence-corrected chi connectivity index (χ0v) is 13.0. The van der Waals surface area contributed by atoms with Crippen LogP contribution in [0.2, 0.25) is 0 Å². The molecule has 0 aliphatic carbocycles. The van der Waals surface area contributed by atoms with Crippen LogP contribution in [0.5, 0.6) is 0 Å². The second-order valence-corrected chi connectivity index (χ2v) is 6.65. The van der Waals surface area contributed by atoms with Crippen molar-refractivity contribution in [1.82, 2.24) is 9.97 Å². The molecule has 0 saturated carbocycles. The largest absolute Gasteiger partial charge is 0.235 e. The number of aromatic nitrogens is 2. The molecule has 0 radical (unpaired) electrons. The van der Waals surface area contributed by atoms with Gasteiger partial charge in [-0.1, -0.05) is 54.6 Å². The summed E-state index contributed by atoms with van der Waals surface area (Å²) in [5.41, 5.74) is 2.10. The number of benzene rings is 3. The van der Waals surface area contributed by atoms with Gasteiger partial charge in [-0.2, -0.15) is 0 Å². The summed E-state index contributed by atoms with van der Waals surface area (Å²) >= 11 is 1.76. The fourth-order valence-electron chi connectivity index (χ4n) is 2.97. The molecule has 0 amide bonds. The Morgan fingerprint density at radius 2 is 1.48 bits per heavy atom. The Morgan fingerprint density at radius 1 is 0.739 bits per heavy atom. The van der Waals surface area contributed by atoms with Gasteiger partial charge >= 0.3 is 0 Å². The number of nitrogens with zero attached hydrogens (tertiary/aromatic N) is 2. The van der Waals surface area contributed by atoms with Gasteiger partial charge in [-0.25, -0.2) is 9.97 Å². The van der Waals surface area contributed by atoms with E-state index in [1.807, 2.05) is 36.5 Å². The average molecular weight is 312 g/mol. The molecule has 5 aromatic rings. The van der Waals surface area contributed by atoms with Gasteiger partial charge in [0.1, 0.15) is 0 Å². The average Bonchev–Trinajstić information content (AvgIpc) is 2.97. The van der Waals surface area contributed by atoms with Crippen molar-refractivity contribution in [3.05, 3.63) is 72.9 Å². The molecule has 0 saturated heterocycles. The Hall–Kier alpha value is -2.78. The maximum absolute atomic E-state index is 4.84. The van der Waals surface area contributed by atoms with Crippen molar-refractivity contribution in [2.45, 2.75) is 0 Å². The molecule has 108 valence electrons. The van der Waals surface area contributed by atoms with Crippen molar-refractivity contribution in [2.24, 2.45) is 0 Å². The number of hydrogen-bond acceptors (Lipinski definition) is 3. The predicted octanol–water partition coefficient (Wildman–Crippen LogP) is 5.66. The van der Waals surface area contributed by atoms with Crippen LogP contribution in [0.4, 0.5) is 0 Å². The van der Waals surface area contributed by atoms with Crippen LogP contribution in [0, 0.1) is 0 Å². The number of fused-ring (bicyclic) bond motifs is 4. The van der Waals surface area contributed by atoms with Crippen LogP contribution in [0.15, 0.2) is 72.9 Å². The van der Waals surface area contributed by atoms with E-state index in [0.29, 0.717) is 0 Å². The molecular formula is C20H12N2S. The predicted molar refractivity (Wildman–Crippen MR) is 97.9 cm³/mol. The normalized spacial score (nSPS) is 11.5. The van der Waals surface area contributed by atoms with E-state index in [-0.39, 0.29) is 0 Å². The maximum Gasteiger partial charge on any atom is 0.159 e. The second-order valence-electron chi connectivity index (χ2n) is 5.57. The third kappa shape index (κ3) is 2.01. The Kier molecular flexibility index (Phi) is 2.69. The van der Waals surface area contributed by atoms with E-state index in [4.69, 9.17) is 4.98 Å². The van der Waals surface area contributed by atoms with E-state index >= 15 is 0 Å². The van der Waals surface area contributed by atoms with Gasteiger partial charge in [-0.15, -0.1) is 11.3 Å². The molecule has 0 spiro atoms. The third-order valence-corrected chi connectivity index (χ3v) is 5.19. The van der Waals surface area contributed by atoms with Gasteiger partial charge in [0.2, 0.25) is 0 Å². The van der Waals surface area contributed by atoms with Crippen molar-refractivity contribution >= 4 is 42.4 Å². The Bertz CT molecular complexity index is 1160. The molecule has 0 N–H and O–H groups in total. The molecule has 3 heteroatoms. The summed E-state index contributed by atoms with van der Waals surface area (Å²) in [4.78, 5) is 9.38. The summed E-state index contributed by atoms with van der Waals surface area (Å²) in [6.07, 6.45) is 1.94. The molecule has 5 rings (SSSR count). The standard InChI is InChI=1S/C20H12N2S/c1-2-6-13(7-3-1)20-21-12-18-19(22-20)16-10-14-8-4-5-9-15(14)11-17(16)23-18/h1-12H. The van der Waals surface area contributed by atoms with Crippen molar-refractivity contribution < 1.29 is 0 Å². The van der Waals surface area contributed by atoms with Gasteiger partial charge in [0.25, 0.3) is 0 Å². The van der Waals surface area contributed by atoms with Crippen LogP contribution in [0.25, 0.3) is 42.5 Å². The van der Waals surface area contributed by atoms with Gasteiger partial charge in [0.15, 0.2) is 5.82 Å². The summed E-state index contributed by atoms with van der Waals surface area (Å²) < 4.78 is 2.40. The molecule has 0 atom stereocenters. The summed E-state index contributed by atoms with van der Waals surface area (Å²) in [5, 5.41) is 3.73. The Labute approximate surface area is 137 Å². The smallest absolute Gasteiger partial charge is 0.159 e. The van der Waals surface area contributed by atoms with Crippen LogP contribution in [-0.2, 0) is 0 Å². The van der Waals surface area contributed by atoms with Crippen molar-refractivity contribution in [3.63, 3.8) is 0 Å². The van der Waals surface area contributed by atoms with Gasteiger partial charge in [-0.3, -0.25) is 0 Å². The topological polar surface area (TPSA) is 25.8 Å². The van der Waals surface area contributed by atoms with Gasteiger partial charge in [0.05, 0.1) is 10.2 Å². The molecule has 2 aromatic heterocycles. The van der Waals surface area contributed by atoms with Crippen molar-refractivity contribution in [2.75, 3.05) is 0 Å². The lowest BCUT2D eigenvalue weighted by Gasteiger charge is -2.00. The molecule has 0 aliphatic rings. The molecule has 0 fully saturated rings. The van der Waals surface area contributed by atoms with Crippen LogP contribution in [0.1, 0.15) is 0 Å². The zero-order valence-electron chi connectivity index (χ0n) is 12.2. The summed E-state index contributed by atoms with van der Waals surface area (Å²) in [6, 6.07) is 23.1. The number of rotatable bonds is 1. The van der Waals surface area contributed by atoms with E-state index in [0.717, 1.165) is 21.6 Å². The molecule has 3 aromatic carbocycles. The summed E-state index contributed by atoms with van der Waals surface area (Å²) in [5.74, 6) is 0.783. The second kappa shape index (κ2) is 4.86. The van der Waals surface area contributed by atoms with Gasteiger partial charge < -0.3 is 0 Å². The molecule has 23 heavy (non-hydrogen) atoms. The van der Waals surface area contributed by atoms with E-state index in [2.05, 4.69) is 41.4 Å². The van der Waals surface area contributed by atoms with Crippen LogP contribution in [-0.4, -0.2) is 9.97 Å². The first-order valence-corrected chi connectivity index (χ1v) is 8.34. The highest BCUT2D eigenvalue weighted by Crippen LogP contribution is 2.35. The van der Waals surface area contributed by atoms with E-state index < -0.39 is 0 Å². The van der Waals surface area contributed by atoms with Crippen LogP contribution in [0.3, 0.4) is 0 Å². The van der Waals surface area contributed by atoms with E-state index in [1.165, 1.54) is 20.9 Å². The molecule has 0 bridgehead atoms. The molecule has 2 heterocycles. The van der Waals surface area contributed by atoms with Crippen molar-refractivity contribution in [1.29, 1.82) is 0 Å². The first-order valence-electron chi connectivity index (χ1n) is 7.52. The lowest BCUT2D eigenvalue weighted by Crippen LogP contribution is -1.87. The first-order chi connectivity index (χ1) is 11.4. The minimum Gasteiger partial charge on any atom is -0.235 e. The lowest BCUT2D eigenvalue weighted by molar-refractivity contribution is 1.24. The first kappa shape index (κ1) is 12.7. The molecule has 0 aliphatic heterocycles. The summed E-state index contributed by atoms with van der Waals surface area (Å²) in [7, 11) is 0. The minimum absolute atomic E-state index is 0.783. The van der Waals surface area contributed by atoms with E-state index in [1.54, 1.807) is 11.3 Å².